The van der Waals surface area contributed by atoms with Gasteiger partial charge in [-0.1, -0.05) is 12.1 Å². The molecule has 27 heavy (non-hydrogen) atoms. The highest BCUT2D eigenvalue weighted by Crippen LogP contribution is 2.35. The summed E-state index contributed by atoms with van der Waals surface area (Å²) in [5.41, 5.74) is 2.24. The molecule has 0 spiro atoms. The van der Waals surface area contributed by atoms with E-state index in [1.54, 1.807) is 42.7 Å². The number of benzene rings is 2. The van der Waals surface area contributed by atoms with E-state index in [-0.39, 0.29) is 17.2 Å². The maximum Gasteiger partial charge on any atom is 0.211 e. The summed E-state index contributed by atoms with van der Waals surface area (Å²) in [5, 5.41) is 4.19. The van der Waals surface area contributed by atoms with Gasteiger partial charge in [-0.2, -0.15) is 5.10 Å². The quantitative estimate of drug-likeness (QED) is 0.503. The molecule has 3 aromatic rings. The molecule has 0 fully saturated rings. The van der Waals surface area contributed by atoms with Crippen molar-refractivity contribution >= 4 is 17.6 Å². The van der Waals surface area contributed by atoms with Gasteiger partial charge >= 0.3 is 0 Å². The van der Waals surface area contributed by atoms with Crippen LogP contribution in [0.4, 0.5) is 4.39 Å². The van der Waals surface area contributed by atoms with Crippen molar-refractivity contribution in [3.05, 3.63) is 83.4 Å². The van der Waals surface area contributed by atoms with E-state index in [1.165, 1.54) is 16.8 Å². The molecule has 1 aromatic heterocycles. The van der Waals surface area contributed by atoms with Gasteiger partial charge in [-0.25, -0.2) is 9.07 Å². The Morgan fingerprint density at radius 1 is 1.22 bits per heavy atom. The Morgan fingerprint density at radius 3 is 2.81 bits per heavy atom. The molecule has 0 bridgehead atoms. The van der Waals surface area contributed by atoms with Crippen LogP contribution in [0.3, 0.4) is 0 Å². The lowest BCUT2D eigenvalue weighted by molar-refractivity contribution is 0.105. The van der Waals surface area contributed by atoms with Crippen molar-refractivity contribution in [1.82, 2.24) is 9.78 Å². The van der Waals surface area contributed by atoms with Crippen molar-refractivity contribution in [2.24, 2.45) is 0 Å². The first-order valence-corrected chi connectivity index (χ1v) is 8.75. The highest BCUT2D eigenvalue weighted by Gasteiger charge is 2.30. The average molecular weight is 362 g/mol. The maximum atomic E-state index is 13.6. The number of ketones is 1. The molecule has 136 valence electrons. The molecule has 4 rings (SSSR count). The highest BCUT2D eigenvalue weighted by molar-refractivity contribution is 6.27. The summed E-state index contributed by atoms with van der Waals surface area (Å²) in [6.45, 7) is 4.04. The Hall–Kier alpha value is -3.21. The standard InChI is InChI=1S/C22H19FN2O2/c1-22(2)14-17-13-16(7-8-20(17)27-22)21(26)19(25-10-4-9-24-25)12-15-5-3-6-18(23)11-15/h3-13H,14H2,1-2H3. The molecule has 2 aromatic carbocycles. The minimum absolute atomic E-state index is 0.185. The molecule has 0 saturated carbocycles. The summed E-state index contributed by atoms with van der Waals surface area (Å²) in [5.74, 6) is 0.273. The van der Waals surface area contributed by atoms with Gasteiger partial charge in [0.05, 0.1) is 0 Å². The van der Waals surface area contributed by atoms with Crippen molar-refractivity contribution in [2.75, 3.05) is 0 Å². The molecule has 0 radical (unpaired) electrons. The normalized spacial score (nSPS) is 15.3. The number of allylic oxidation sites excluding steroid dienone is 1. The third-order valence-corrected chi connectivity index (χ3v) is 4.46. The maximum absolute atomic E-state index is 13.6. The second-order valence-corrected chi connectivity index (χ2v) is 7.23. The van der Waals surface area contributed by atoms with Gasteiger partial charge in [0.1, 0.15) is 22.9 Å². The van der Waals surface area contributed by atoms with E-state index in [1.807, 2.05) is 26.0 Å². The number of Topliss-reactive ketones (excluding diaryl/α,β-unsaturated/α-hetero) is 1. The van der Waals surface area contributed by atoms with Crippen LogP contribution in [0, 0.1) is 5.82 Å². The predicted octanol–water partition coefficient (Wildman–Crippen LogP) is 4.62. The number of carbonyl (C=O) groups is 1. The fourth-order valence-electron chi connectivity index (χ4n) is 3.30. The minimum Gasteiger partial charge on any atom is -0.487 e. The molecule has 0 aliphatic carbocycles. The molecule has 4 nitrogen and oxygen atoms in total. The van der Waals surface area contributed by atoms with Crippen LogP contribution in [0.5, 0.6) is 5.75 Å². The Bertz CT molecular complexity index is 1040. The summed E-state index contributed by atoms with van der Waals surface area (Å²) < 4.78 is 20.9. The summed E-state index contributed by atoms with van der Waals surface area (Å²) in [6.07, 6.45) is 5.69. The van der Waals surface area contributed by atoms with Crippen LogP contribution < -0.4 is 4.74 Å². The van der Waals surface area contributed by atoms with Crippen LogP contribution in [-0.4, -0.2) is 21.2 Å². The molecular weight excluding hydrogens is 343 g/mol. The molecule has 5 heteroatoms. The minimum atomic E-state index is -0.354. The van der Waals surface area contributed by atoms with Crippen molar-refractivity contribution in [3.8, 4) is 5.75 Å². The molecule has 0 unspecified atom stereocenters. The molecule has 2 heterocycles. The van der Waals surface area contributed by atoms with Crippen LogP contribution in [-0.2, 0) is 6.42 Å². The molecule has 0 atom stereocenters. The largest absolute Gasteiger partial charge is 0.487 e. The summed E-state index contributed by atoms with van der Waals surface area (Å²) in [6, 6.07) is 13.3. The fourth-order valence-corrected chi connectivity index (χ4v) is 3.30. The summed E-state index contributed by atoms with van der Waals surface area (Å²) in [4.78, 5) is 13.2. The molecular formula is C22H19FN2O2. The average Bonchev–Trinajstić information content (AvgIpc) is 3.24. The number of halogens is 1. The molecule has 0 N–H and O–H groups in total. The predicted molar refractivity (Wildman–Crippen MR) is 102 cm³/mol. The van der Waals surface area contributed by atoms with Gasteiger partial charge in [0.25, 0.3) is 0 Å². The second-order valence-electron chi connectivity index (χ2n) is 7.23. The van der Waals surface area contributed by atoms with Gasteiger partial charge in [-0.15, -0.1) is 0 Å². The smallest absolute Gasteiger partial charge is 0.211 e. The van der Waals surface area contributed by atoms with Crippen molar-refractivity contribution in [3.63, 3.8) is 0 Å². The zero-order valence-electron chi connectivity index (χ0n) is 15.1. The van der Waals surface area contributed by atoms with E-state index >= 15 is 0 Å². The van der Waals surface area contributed by atoms with Crippen LogP contribution >= 0.6 is 0 Å². The SMILES string of the molecule is CC1(C)Cc2cc(C(=O)C(=Cc3cccc(F)c3)n3cccn3)ccc2O1. The van der Waals surface area contributed by atoms with Crippen molar-refractivity contribution < 1.29 is 13.9 Å². The Labute approximate surface area is 156 Å². The third-order valence-electron chi connectivity index (χ3n) is 4.46. The molecule has 0 saturated heterocycles. The highest BCUT2D eigenvalue weighted by atomic mass is 19.1. The van der Waals surface area contributed by atoms with Gasteiger partial charge in [0.2, 0.25) is 5.78 Å². The molecule has 0 amide bonds. The van der Waals surface area contributed by atoms with Gasteiger partial charge in [-0.05, 0) is 67.4 Å². The van der Waals surface area contributed by atoms with Crippen LogP contribution in [0.1, 0.15) is 35.3 Å². The first kappa shape index (κ1) is 17.2. The number of aromatic nitrogens is 2. The van der Waals surface area contributed by atoms with Crippen molar-refractivity contribution in [2.45, 2.75) is 25.9 Å². The second kappa shape index (κ2) is 6.50. The third kappa shape index (κ3) is 3.53. The number of ether oxygens (including phenoxy) is 1. The van der Waals surface area contributed by atoms with E-state index in [4.69, 9.17) is 4.74 Å². The van der Waals surface area contributed by atoms with Gasteiger partial charge < -0.3 is 4.74 Å². The van der Waals surface area contributed by atoms with Crippen LogP contribution in [0.15, 0.2) is 60.9 Å². The summed E-state index contributed by atoms with van der Waals surface area (Å²) >= 11 is 0. The van der Waals surface area contributed by atoms with Gasteiger partial charge in [0, 0.05) is 24.4 Å². The zero-order valence-corrected chi connectivity index (χ0v) is 15.1. The lowest BCUT2D eigenvalue weighted by Gasteiger charge is -2.16. The van der Waals surface area contributed by atoms with Gasteiger partial charge in [-0.3, -0.25) is 4.79 Å². The number of rotatable bonds is 4. The van der Waals surface area contributed by atoms with Crippen molar-refractivity contribution in [1.29, 1.82) is 0 Å². The van der Waals surface area contributed by atoms with E-state index < -0.39 is 0 Å². The number of fused-ring (bicyclic) bond motifs is 1. The van der Waals surface area contributed by atoms with E-state index in [0.29, 0.717) is 16.8 Å². The van der Waals surface area contributed by atoms with E-state index in [2.05, 4.69) is 5.10 Å². The number of hydrogen-bond acceptors (Lipinski definition) is 3. The molecule has 1 aliphatic heterocycles. The first-order chi connectivity index (χ1) is 12.9. The lowest BCUT2D eigenvalue weighted by atomic mass is 9.98. The first-order valence-electron chi connectivity index (χ1n) is 8.75. The van der Waals surface area contributed by atoms with Crippen LogP contribution in [0.25, 0.3) is 11.8 Å². The number of carbonyl (C=O) groups excluding carboxylic acids is 1. The van der Waals surface area contributed by atoms with Gasteiger partial charge in [0.15, 0.2) is 0 Å². The Balaban J connectivity index is 1.75. The lowest BCUT2D eigenvalue weighted by Crippen LogP contribution is -2.24. The summed E-state index contributed by atoms with van der Waals surface area (Å²) in [7, 11) is 0. The number of nitrogens with zero attached hydrogens (tertiary/aromatic N) is 2. The van der Waals surface area contributed by atoms with E-state index in [0.717, 1.165) is 17.7 Å². The Morgan fingerprint density at radius 2 is 2.07 bits per heavy atom. The van der Waals surface area contributed by atoms with Crippen LogP contribution in [0.2, 0.25) is 0 Å². The van der Waals surface area contributed by atoms with E-state index in [9.17, 15) is 9.18 Å². The fraction of sp³-hybridized carbons (Fsp3) is 0.182. The monoisotopic (exact) mass is 362 g/mol. The molecule has 1 aliphatic rings. The zero-order chi connectivity index (χ0) is 19.0. The Kier molecular flexibility index (Phi) is 4.15. The number of hydrogen-bond donors (Lipinski definition) is 0. The topological polar surface area (TPSA) is 44.1 Å².